The van der Waals surface area contributed by atoms with E-state index in [4.69, 9.17) is 4.74 Å². The van der Waals surface area contributed by atoms with Crippen LogP contribution < -0.4 is 0 Å². The molecule has 2 aromatic carbocycles. The van der Waals surface area contributed by atoms with E-state index >= 15 is 0 Å². The van der Waals surface area contributed by atoms with Gasteiger partial charge in [0, 0.05) is 11.1 Å². The van der Waals surface area contributed by atoms with E-state index in [1.807, 2.05) is 42.5 Å². The molecule has 0 fully saturated rings. The number of benzene rings is 2. The first-order valence-corrected chi connectivity index (χ1v) is 7.39. The second kappa shape index (κ2) is 4.88. The zero-order chi connectivity index (χ0) is 14.2. The van der Waals surface area contributed by atoms with Crippen molar-refractivity contribution in [2.45, 2.75) is 25.4 Å². The van der Waals surface area contributed by atoms with Gasteiger partial charge in [-0.3, -0.25) is 4.79 Å². The van der Waals surface area contributed by atoms with Gasteiger partial charge in [0.05, 0.1) is 6.42 Å². The third-order valence-corrected chi connectivity index (χ3v) is 4.32. The molecule has 104 valence electrons. The van der Waals surface area contributed by atoms with Crippen LogP contribution in [0.4, 0.5) is 0 Å². The van der Waals surface area contributed by atoms with Gasteiger partial charge in [0.25, 0.3) is 0 Å². The van der Waals surface area contributed by atoms with Crippen LogP contribution in [0.25, 0.3) is 5.76 Å². The van der Waals surface area contributed by atoms with Crippen molar-refractivity contribution in [3.63, 3.8) is 0 Å². The predicted molar refractivity (Wildman–Crippen MR) is 81.6 cm³/mol. The number of carbonyl (C=O) groups excluding carboxylic acids is 1. The lowest BCUT2D eigenvalue weighted by molar-refractivity contribution is -0.119. The number of Topliss-reactive ketones (excluding diaryl/α,β-unsaturated/α-hetero) is 1. The number of fused-ring (bicyclic) bond motifs is 2. The van der Waals surface area contributed by atoms with E-state index in [1.54, 1.807) is 0 Å². The van der Waals surface area contributed by atoms with Gasteiger partial charge in [-0.25, -0.2) is 0 Å². The lowest BCUT2D eigenvalue weighted by Gasteiger charge is -2.31. The summed E-state index contributed by atoms with van der Waals surface area (Å²) in [6.45, 7) is 0. The first-order valence-electron chi connectivity index (χ1n) is 7.39. The second-order valence-corrected chi connectivity index (χ2v) is 5.61. The van der Waals surface area contributed by atoms with Crippen LogP contribution in [0, 0.1) is 0 Å². The van der Waals surface area contributed by atoms with E-state index in [0.717, 1.165) is 35.3 Å². The molecular weight excluding hydrogens is 260 g/mol. The normalized spacial score (nSPS) is 20.6. The molecule has 1 atom stereocenters. The molecule has 1 unspecified atom stereocenters. The monoisotopic (exact) mass is 276 g/mol. The van der Waals surface area contributed by atoms with E-state index in [-0.39, 0.29) is 11.9 Å². The molecule has 0 N–H and O–H groups in total. The van der Waals surface area contributed by atoms with Crippen LogP contribution >= 0.6 is 0 Å². The van der Waals surface area contributed by atoms with Crippen LogP contribution in [0.15, 0.2) is 60.2 Å². The number of rotatable bonds is 1. The Morgan fingerprint density at radius 2 is 1.67 bits per heavy atom. The summed E-state index contributed by atoms with van der Waals surface area (Å²) in [6, 6.07) is 18.2. The average Bonchev–Trinajstić information content (AvgIpc) is 2.55. The highest BCUT2D eigenvalue weighted by atomic mass is 16.5. The maximum absolute atomic E-state index is 12.5. The lowest BCUT2D eigenvalue weighted by Crippen LogP contribution is -2.23. The molecule has 0 spiro atoms. The van der Waals surface area contributed by atoms with Crippen molar-refractivity contribution in [2.24, 2.45) is 0 Å². The van der Waals surface area contributed by atoms with Crippen molar-refractivity contribution in [1.82, 2.24) is 0 Å². The summed E-state index contributed by atoms with van der Waals surface area (Å²) < 4.78 is 6.23. The summed E-state index contributed by atoms with van der Waals surface area (Å²) in [5.41, 5.74) is 4.31. The fraction of sp³-hybridized carbons (Fsp3) is 0.211. The Morgan fingerprint density at radius 3 is 2.52 bits per heavy atom. The van der Waals surface area contributed by atoms with Gasteiger partial charge >= 0.3 is 0 Å². The number of hydrogen-bond acceptors (Lipinski definition) is 2. The molecule has 2 nitrogen and oxygen atoms in total. The summed E-state index contributed by atoms with van der Waals surface area (Å²) in [7, 11) is 0. The van der Waals surface area contributed by atoms with Crippen molar-refractivity contribution in [3.05, 3.63) is 76.9 Å². The van der Waals surface area contributed by atoms with Crippen molar-refractivity contribution in [2.75, 3.05) is 0 Å². The van der Waals surface area contributed by atoms with Crippen molar-refractivity contribution < 1.29 is 9.53 Å². The maximum Gasteiger partial charge on any atom is 0.166 e. The highest BCUT2D eigenvalue weighted by Gasteiger charge is 2.33. The summed E-state index contributed by atoms with van der Waals surface area (Å²) in [5.74, 6) is 1.04. The third-order valence-electron chi connectivity index (χ3n) is 4.32. The molecule has 4 rings (SSSR count). The maximum atomic E-state index is 12.5. The molecule has 1 heterocycles. The van der Waals surface area contributed by atoms with Crippen molar-refractivity contribution >= 4 is 11.5 Å². The van der Waals surface area contributed by atoms with Crippen molar-refractivity contribution in [3.8, 4) is 0 Å². The Morgan fingerprint density at radius 1 is 0.905 bits per heavy atom. The van der Waals surface area contributed by atoms with Gasteiger partial charge in [-0.2, -0.15) is 0 Å². The van der Waals surface area contributed by atoms with E-state index in [9.17, 15) is 4.79 Å². The number of ketones is 1. The van der Waals surface area contributed by atoms with Gasteiger partial charge in [-0.1, -0.05) is 54.6 Å². The number of ether oxygens (including phenoxy) is 1. The smallest absolute Gasteiger partial charge is 0.166 e. The topological polar surface area (TPSA) is 26.3 Å². The predicted octanol–water partition coefficient (Wildman–Crippen LogP) is 4.07. The zero-order valence-corrected chi connectivity index (χ0v) is 11.7. The molecule has 2 aromatic rings. The molecule has 21 heavy (non-hydrogen) atoms. The van der Waals surface area contributed by atoms with Crippen LogP contribution in [-0.2, 0) is 16.0 Å². The Bertz CT molecular complexity index is 728. The minimum Gasteiger partial charge on any atom is -0.484 e. The van der Waals surface area contributed by atoms with Crippen LogP contribution in [0.1, 0.15) is 35.6 Å². The quantitative estimate of drug-likeness (QED) is 0.784. The van der Waals surface area contributed by atoms with Gasteiger partial charge in [-0.05, 0) is 24.0 Å². The summed E-state index contributed by atoms with van der Waals surface area (Å²) >= 11 is 0. The molecule has 0 radical (unpaired) electrons. The molecule has 1 aliphatic carbocycles. The van der Waals surface area contributed by atoms with E-state index in [1.165, 1.54) is 5.56 Å². The molecule has 0 amide bonds. The molecule has 2 heteroatoms. The second-order valence-electron chi connectivity index (χ2n) is 5.61. The van der Waals surface area contributed by atoms with Gasteiger partial charge in [0.15, 0.2) is 5.78 Å². The summed E-state index contributed by atoms with van der Waals surface area (Å²) in [5, 5.41) is 0. The molecule has 0 saturated heterocycles. The number of allylic oxidation sites excluding steroid dienone is 1. The molecular formula is C19H16O2. The third kappa shape index (κ3) is 2.07. The van der Waals surface area contributed by atoms with E-state index < -0.39 is 0 Å². The van der Waals surface area contributed by atoms with Crippen molar-refractivity contribution in [1.29, 1.82) is 0 Å². The van der Waals surface area contributed by atoms with Crippen LogP contribution in [0.5, 0.6) is 0 Å². The molecule has 0 aromatic heterocycles. The van der Waals surface area contributed by atoms with Crippen LogP contribution in [0.2, 0.25) is 0 Å². The SMILES string of the molecule is O=C1CC(c2ccccc2)OC2=C1CCc1ccccc12. The summed E-state index contributed by atoms with van der Waals surface area (Å²) in [6.07, 6.45) is 2.02. The fourth-order valence-corrected chi connectivity index (χ4v) is 3.23. The van der Waals surface area contributed by atoms with Gasteiger partial charge < -0.3 is 4.74 Å². The number of aryl methyl sites for hydroxylation is 1. The minimum atomic E-state index is -0.163. The summed E-state index contributed by atoms with van der Waals surface area (Å²) in [4.78, 5) is 12.5. The highest BCUT2D eigenvalue weighted by Crippen LogP contribution is 2.41. The Kier molecular flexibility index (Phi) is 2.88. The van der Waals surface area contributed by atoms with Crippen LogP contribution in [0.3, 0.4) is 0 Å². The minimum absolute atomic E-state index is 0.163. The largest absolute Gasteiger partial charge is 0.484 e. The zero-order valence-electron chi connectivity index (χ0n) is 11.7. The van der Waals surface area contributed by atoms with Gasteiger partial charge in [-0.15, -0.1) is 0 Å². The highest BCUT2D eigenvalue weighted by molar-refractivity contribution is 6.03. The molecule has 1 aliphatic heterocycles. The van der Waals surface area contributed by atoms with E-state index in [0.29, 0.717) is 6.42 Å². The fourth-order valence-electron chi connectivity index (χ4n) is 3.23. The standard InChI is InChI=1S/C19H16O2/c20-17-12-18(14-7-2-1-3-8-14)21-19-15-9-5-4-6-13(15)10-11-16(17)19/h1-9,18H,10-12H2. The Labute approximate surface area is 124 Å². The van der Waals surface area contributed by atoms with Gasteiger partial charge in [0.2, 0.25) is 0 Å². The Hall–Kier alpha value is -2.35. The molecule has 0 bridgehead atoms. The first kappa shape index (κ1) is 12.4. The molecule has 0 saturated carbocycles. The number of hydrogen-bond donors (Lipinski definition) is 0. The van der Waals surface area contributed by atoms with Gasteiger partial charge in [0.1, 0.15) is 11.9 Å². The van der Waals surface area contributed by atoms with Crippen LogP contribution in [-0.4, -0.2) is 5.78 Å². The molecule has 2 aliphatic rings. The first-order chi connectivity index (χ1) is 10.3. The van der Waals surface area contributed by atoms with E-state index in [2.05, 4.69) is 12.1 Å². The average molecular weight is 276 g/mol. The number of carbonyl (C=O) groups is 1. The Balaban J connectivity index is 1.77. The lowest BCUT2D eigenvalue weighted by atomic mass is 9.85.